The smallest absolute Gasteiger partial charge is 0.376 e. The molecular formula is C27H38F2O5. The van der Waals surface area contributed by atoms with Gasteiger partial charge in [-0.2, -0.15) is 8.78 Å². The van der Waals surface area contributed by atoms with Gasteiger partial charge in [-0.05, 0) is 117 Å². The van der Waals surface area contributed by atoms with Gasteiger partial charge in [0, 0.05) is 6.92 Å². The maximum absolute atomic E-state index is 13.4. The van der Waals surface area contributed by atoms with Crippen molar-refractivity contribution in [3.8, 4) is 0 Å². The first kappa shape index (κ1) is 23.2. The van der Waals surface area contributed by atoms with Crippen molar-refractivity contribution in [2.75, 3.05) is 13.4 Å². The first-order valence-corrected chi connectivity index (χ1v) is 13.4. The Labute approximate surface area is 200 Å². The van der Waals surface area contributed by atoms with Gasteiger partial charge in [-0.25, -0.2) is 4.79 Å². The molecule has 0 radical (unpaired) electrons. The fourth-order valence-corrected chi connectivity index (χ4v) is 9.97. The van der Waals surface area contributed by atoms with E-state index in [1.165, 1.54) is 38.5 Å². The van der Waals surface area contributed by atoms with Crippen LogP contribution in [0.4, 0.5) is 8.78 Å². The van der Waals surface area contributed by atoms with Crippen LogP contribution in [0, 0.1) is 46.3 Å². The Morgan fingerprint density at radius 2 is 1.35 bits per heavy atom. The van der Waals surface area contributed by atoms with Crippen molar-refractivity contribution in [3.63, 3.8) is 0 Å². The summed E-state index contributed by atoms with van der Waals surface area (Å²) in [5.41, 5.74) is 0.161. The van der Waals surface area contributed by atoms with E-state index in [9.17, 15) is 18.4 Å². The van der Waals surface area contributed by atoms with Gasteiger partial charge in [0.25, 0.3) is 0 Å². The Bertz CT molecular complexity index is 784. The fourth-order valence-electron chi connectivity index (χ4n) is 9.97. The zero-order valence-corrected chi connectivity index (χ0v) is 20.2. The summed E-state index contributed by atoms with van der Waals surface area (Å²) in [5, 5.41) is 0. The molecule has 0 spiro atoms. The van der Waals surface area contributed by atoms with E-state index in [-0.39, 0.29) is 30.0 Å². The van der Waals surface area contributed by atoms with Crippen LogP contribution in [0.15, 0.2) is 0 Å². The van der Waals surface area contributed by atoms with Gasteiger partial charge in [0.2, 0.25) is 0 Å². The minimum absolute atomic E-state index is 0.0266. The van der Waals surface area contributed by atoms with Crippen LogP contribution in [0.1, 0.15) is 84.0 Å². The maximum atomic E-state index is 13.4. The molecule has 0 aromatic heterocycles. The summed E-state index contributed by atoms with van der Waals surface area (Å²) in [6.07, 6.45) is 12.2. The lowest BCUT2D eigenvalue weighted by Crippen LogP contribution is -2.56. The van der Waals surface area contributed by atoms with Crippen molar-refractivity contribution in [2.45, 2.75) is 96.0 Å². The lowest BCUT2D eigenvalue weighted by Gasteiger charge is -2.59. The average Bonchev–Trinajstić information content (AvgIpc) is 2.71. The average molecular weight is 481 g/mol. The normalized spacial score (nSPS) is 46.0. The summed E-state index contributed by atoms with van der Waals surface area (Å²) < 4.78 is 43.5. The van der Waals surface area contributed by atoms with Gasteiger partial charge in [-0.15, -0.1) is 0 Å². The highest BCUT2D eigenvalue weighted by Gasteiger charge is 2.58. The van der Waals surface area contributed by atoms with Crippen molar-refractivity contribution >= 4 is 11.9 Å². The SMILES string of the molecule is CC(F)(F)C(=O)OC1C2CC3CC1CC(CC(=O)OCOCC14CC5CC(CC(C5)C1)C4)(C3)C2. The molecule has 0 aromatic carbocycles. The molecule has 8 fully saturated rings. The molecule has 7 heteroatoms. The van der Waals surface area contributed by atoms with Gasteiger partial charge in [0.15, 0.2) is 6.79 Å². The molecule has 0 aliphatic heterocycles. The van der Waals surface area contributed by atoms with Gasteiger partial charge in [0.05, 0.1) is 13.0 Å². The van der Waals surface area contributed by atoms with E-state index in [2.05, 4.69) is 0 Å². The zero-order valence-electron chi connectivity index (χ0n) is 20.2. The third-order valence-electron chi connectivity index (χ3n) is 10.3. The van der Waals surface area contributed by atoms with E-state index in [0.29, 0.717) is 31.3 Å². The van der Waals surface area contributed by atoms with E-state index >= 15 is 0 Å². The number of hydrogen-bond donors (Lipinski definition) is 0. The van der Waals surface area contributed by atoms with Crippen LogP contribution in [-0.2, 0) is 23.8 Å². The van der Waals surface area contributed by atoms with E-state index in [1.54, 1.807) is 0 Å². The van der Waals surface area contributed by atoms with Crippen LogP contribution in [0.3, 0.4) is 0 Å². The van der Waals surface area contributed by atoms with Gasteiger partial charge in [-0.1, -0.05) is 0 Å². The molecule has 8 saturated carbocycles. The Kier molecular flexibility index (Phi) is 5.55. The molecule has 8 bridgehead atoms. The standard InChI is InChI=1S/C27H38F2O5/c1-25(28,29)24(31)34-23-20-5-19-6-21(23)12-26(7-19,11-20)13-22(30)33-15-32-14-27-8-16-2-17(9-27)4-18(3-16)10-27/h16-21,23H,2-15H2,1H3. The largest absolute Gasteiger partial charge is 0.457 e. The minimum Gasteiger partial charge on any atom is -0.457 e. The fraction of sp³-hybridized carbons (Fsp3) is 0.926. The van der Waals surface area contributed by atoms with E-state index in [1.807, 2.05) is 0 Å². The maximum Gasteiger partial charge on any atom is 0.376 e. The molecule has 8 aliphatic carbocycles. The van der Waals surface area contributed by atoms with Gasteiger partial charge in [-0.3, -0.25) is 4.79 Å². The van der Waals surface area contributed by atoms with Crippen LogP contribution < -0.4 is 0 Å². The molecule has 2 unspecified atom stereocenters. The first-order chi connectivity index (χ1) is 16.1. The van der Waals surface area contributed by atoms with Crippen molar-refractivity contribution < 1.29 is 32.6 Å². The van der Waals surface area contributed by atoms with E-state index in [0.717, 1.165) is 49.9 Å². The number of hydrogen-bond acceptors (Lipinski definition) is 5. The van der Waals surface area contributed by atoms with Crippen LogP contribution in [0.25, 0.3) is 0 Å². The Morgan fingerprint density at radius 1 is 0.824 bits per heavy atom. The second kappa shape index (κ2) is 8.14. The molecule has 8 aliphatic rings. The number of carbonyl (C=O) groups excluding carboxylic acids is 2. The number of alkyl halides is 2. The van der Waals surface area contributed by atoms with Crippen LogP contribution in [0.2, 0.25) is 0 Å². The monoisotopic (exact) mass is 480 g/mol. The number of halogens is 2. The van der Waals surface area contributed by atoms with Crippen LogP contribution >= 0.6 is 0 Å². The number of rotatable bonds is 8. The van der Waals surface area contributed by atoms with Crippen molar-refractivity contribution in [2.24, 2.45) is 46.3 Å². The summed E-state index contributed by atoms with van der Waals surface area (Å²) in [5.74, 6) is -1.87. The second-order valence-electron chi connectivity index (χ2n) is 13.3. The number of carbonyl (C=O) groups is 2. The highest BCUT2D eigenvalue weighted by molar-refractivity contribution is 5.77. The first-order valence-electron chi connectivity index (χ1n) is 13.4. The lowest BCUT2D eigenvalue weighted by molar-refractivity contribution is -0.204. The highest BCUT2D eigenvalue weighted by atomic mass is 19.3. The third-order valence-corrected chi connectivity index (χ3v) is 10.3. The van der Waals surface area contributed by atoms with Crippen LogP contribution in [0.5, 0.6) is 0 Å². The number of ether oxygens (including phenoxy) is 3. The van der Waals surface area contributed by atoms with Gasteiger partial charge >= 0.3 is 17.9 Å². The lowest BCUT2D eigenvalue weighted by atomic mass is 9.48. The van der Waals surface area contributed by atoms with Gasteiger partial charge < -0.3 is 14.2 Å². The molecule has 8 rings (SSSR count). The molecule has 0 amide bonds. The molecule has 190 valence electrons. The Hall–Kier alpha value is -1.24. The van der Waals surface area contributed by atoms with Crippen LogP contribution in [-0.4, -0.2) is 37.4 Å². The van der Waals surface area contributed by atoms with Crippen molar-refractivity contribution in [1.82, 2.24) is 0 Å². The predicted molar refractivity (Wildman–Crippen MR) is 119 cm³/mol. The molecule has 0 N–H and O–H groups in total. The highest BCUT2D eigenvalue weighted by Crippen LogP contribution is 2.62. The summed E-state index contributed by atoms with van der Waals surface area (Å²) in [7, 11) is 0. The van der Waals surface area contributed by atoms with Gasteiger partial charge in [0.1, 0.15) is 6.10 Å². The summed E-state index contributed by atoms with van der Waals surface area (Å²) in [6.45, 7) is 1.32. The van der Waals surface area contributed by atoms with Crippen molar-refractivity contribution in [3.05, 3.63) is 0 Å². The molecule has 2 atom stereocenters. The van der Waals surface area contributed by atoms with E-state index in [4.69, 9.17) is 14.2 Å². The molecule has 34 heavy (non-hydrogen) atoms. The molecule has 0 heterocycles. The summed E-state index contributed by atoms with van der Waals surface area (Å²) >= 11 is 0. The van der Waals surface area contributed by atoms with E-state index < -0.39 is 18.0 Å². The zero-order chi connectivity index (χ0) is 23.7. The minimum atomic E-state index is -3.47. The summed E-state index contributed by atoms with van der Waals surface area (Å²) in [6, 6.07) is 0. The molecular weight excluding hydrogens is 442 g/mol. The summed E-state index contributed by atoms with van der Waals surface area (Å²) in [4.78, 5) is 24.6. The molecule has 0 aromatic rings. The molecule has 0 saturated heterocycles. The Balaban J connectivity index is 0.990. The number of esters is 2. The topological polar surface area (TPSA) is 61.8 Å². The Morgan fingerprint density at radius 3 is 1.91 bits per heavy atom. The quantitative estimate of drug-likeness (QED) is 0.261. The van der Waals surface area contributed by atoms with Crippen molar-refractivity contribution in [1.29, 1.82) is 0 Å². The third kappa shape index (κ3) is 4.28. The second-order valence-corrected chi connectivity index (χ2v) is 13.3. The molecule has 5 nitrogen and oxygen atoms in total. The predicted octanol–water partition coefficient (Wildman–Crippen LogP) is 5.50.